The highest BCUT2D eigenvalue weighted by molar-refractivity contribution is 5.68. The largest absolute Gasteiger partial charge is 0.494 e. The molecule has 1 amide bonds. The lowest BCUT2D eigenvalue weighted by Gasteiger charge is -2.28. The highest BCUT2D eigenvalue weighted by Gasteiger charge is 2.40. The minimum atomic E-state index is -0.203. The average Bonchev–Trinajstić information content (AvgIpc) is 3.12. The van der Waals surface area contributed by atoms with Crippen LogP contribution in [0.3, 0.4) is 0 Å². The van der Waals surface area contributed by atoms with Gasteiger partial charge in [0, 0.05) is 19.0 Å². The summed E-state index contributed by atoms with van der Waals surface area (Å²) in [7, 11) is 0. The van der Waals surface area contributed by atoms with Gasteiger partial charge in [-0.3, -0.25) is 0 Å². The highest BCUT2D eigenvalue weighted by atomic mass is 16.6. The number of likely N-dealkylation sites (tertiary alicyclic amines) is 1. The van der Waals surface area contributed by atoms with E-state index in [9.17, 15) is 4.79 Å². The quantitative estimate of drug-likeness (QED) is 0.820. The molecule has 0 bridgehead atoms. The van der Waals surface area contributed by atoms with Crippen molar-refractivity contribution in [3.8, 4) is 5.75 Å². The van der Waals surface area contributed by atoms with Crippen LogP contribution in [-0.4, -0.2) is 30.7 Å². The van der Waals surface area contributed by atoms with E-state index >= 15 is 0 Å². The third-order valence-corrected chi connectivity index (χ3v) is 5.54. The molecule has 2 atom stereocenters. The van der Waals surface area contributed by atoms with E-state index < -0.39 is 0 Å². The molecule has 1 fully saturated rings. The predicted molar refractivity (Wildman–Crippen MR) is 100 cm³/mol. The summed E-state index contributed by atoms with van der Waals surface area (Å²) < 4.78 is 11.3. The Morgan fingerprint density at radius 1 is 1.12 bits per heavy atom. The number of hydrogen-bond donors (Lipinski definition) is 0. The van der Waals surface area contributed by atoms with Gasteiger partial charge in [0.2, 0.25) is 0 Å². The lowest BCUT2D eigenvalue weighted by atomic mass is 9.77. The first kappa shape index (κ1) is 17.0. The van der Waals surface area contributed by atoms with Crippen molar-refractivity contribution in [3.05, 3.63) is 65.2 Å². The van der Waals surface area contributed by atoms with Gasteiger partial charge in [-0.2, -0.15) is 0 Å². The van der Waals surface area contributed by atoms with Crippen LogP contribution in [0.5, 0.6) is 5.75 Å². The number of amides is 1. The maximum atomic E-state index is 12.5. The van der Waals surface area contributed by atoms with Crippen LogP contribution >= 0.6 is 0 Å². The molecule has 4 nitrogen and oxygen atoms in total. The van der Waals surface area contributed by atoms with Gasteiger partial charge in [-0.05, 0) is 48.4 Å². The summed E-state index contributed by atoms with van der Waals surface area (Å²) in [4.78, 5) is 14.4. The first-order valence-electron chi connectivity index (χ1n) is 9.46. The minimum Gasteiger partial charge on any atom is -0.494 e. The van der Waals surface area contributed by atoms with Gasteiger partial charge in [-0.15, -0.1) is 0 Å². The van der Waals surface area contributed by atoms with Crippen LogP contribution in [0.1, 0.15) is 36.0 Å². The van der Waals surface area contributed by atoms with E-state index in [1.54, 1.807) is 0 Å². The molecule has 2 aromatic rings. The van der Waals surface area contributed by atoms with E-state index in [-0.39, 0.29) is 6.09 Å². The van der Waals surface area contributed by atoms with Crippen LogP contribution in [0, 0.1) is 5.92 Å². The summed E-state index contributed by atoms with van der Waals surface area (Å²) in [5, 5.41) is 0. The molecule has 0 spiro atoms. The monoisotopic (exact) mass is 351 g/mol. The zero-order valence-electron chi connectivity index (χ0n) is 15.2. The first-order valence-corrected chi connectivity index (χ1v) is 9.46. The molecule has 1 aliphatic carbocycles. The second kappa shape index (κ2) is 7.40. The third-order valence-electron chi connectivity index (χ3n) is 5.54. The van der Waals surface area contributed by atoms with Crippen molar-refractivity contribution >= 4 is 6.09 Å². The normalized spacial score (nSPS) is 21.0. The zero-order chi connectivity index (χ0) is 17.9. The van der Waals surface area contributed by atoms with Crippen molar-refractivity contribution in [1.29, 1.82) is 0 Å². The Morgan fingerprint density at radius 2 is 1.96 bits per heavy atom. The number of carbonyl (C=O) groups is 1. The number of benzene rings is 2. The molecule has 4 heteroatoms. The van der Waals surface area contributed by atoms with Gasteiger partial charge in [-0.25, -0.2) is 4.79 Å². The van der Waals surface area contributed by atoms with Crippen LogP contribution in [-0.2, 0) is 17.8 Å². The molecule has 1 aliphatic heterocycles. The van der Waals surface area contributed by atoms with Crippen LogP contribution < -0.4 is 4.74 Å². The number of fused-ring (bicyclic) bond motifs is 3. The highest BCUT2D eigenvalue weighted by Crippen LogP contribution is 2.44. The SMILES string of the molecule is CCOc1cccc2c1CC[C@H]1CN(C(=O)OCc3ccccc3)C[C@@H]21. The molecular weight excluding hydrogens is 326 g/mol. The number of hydrogen-bond acceptors (Lipinski definition) is 3. The maximum Gasteiger partial charge on any atom is 0.410 e. The fourth-order valence-electron chi connectivity index (χ4n) is 4.29. The van der Waals surface area contributed by atoms with Crippen LogP contribution in [0.25, 0.3) is 0 Å². The Labute approximate surface area is 154 Å². The van der Waals surface area contributed by atoms with Crippen LogP contribution in [0.2, 0.25) is 0 Å². The van der Waals surface area contributed by atoms with E-state index in [1.807, 2.05) is 42.2 Å². The van der Waals surface area contributed by atoms with Gasteiger partial charge < -0.3 is 14.4 Å². The summed E-state index contributed by atoms with van der Waals surface area (Å²) in [6, 6.07) is 16.2. The van der Waals surface area contributed by atoms with Gasteiger partial charge in [0.05, 0.1) is 6.61 Å². The molecule has 0 aromatic heterocycles. The van der Waals surface area contributed by atoms with Crippen molar-refractivity contribution in [2.75, 3.05) is 19.7 Å². The van der Waals surface area contributed by atoms with Crippen molar-refractivity contribution in [2.45, 2.75) is 32.3 Å². The fraction of sp³-hybridized carbons (Fsp3) is 0.409. The summed E-state index contributed by atoms with van der Waals surface area (Å²) in [5.74, 6) is 1.92. The second-order valence-corrected chi connectivity index (χ2v) is 7.11. The Bertz CT molecular complexity index is 774. The molecule has 4 rings (SSSR count). The fourth-order valence-corrected chi connectivity index (χ4v) is 4.29. The minimum absolute atomic E-state index is 0.203. The van der Waals surface area contributed by atoms with Gasteiger partial charge in [-0.1, -0.05) is 42.5 Å². The number of carbonyl (C=O) groups excluding carboxylic acids is 1. The van der Waals surface area contributed by atoms with Crippen LogP contribution in [0.4, 0.5) is 4.79 Å². The summed E-state index contributed by atoms with van der Waals surface area (Å²) in [6.45, 7) is 4.56. The number of rotatable bonds is 4. The third kappa shape index (κ3) is 3.28. The molecule has 1 saturated heterocycles. The molecule has 2 aromatic carbocycles. The molecule has 0 N–H and O–H groups in total. The Morgan fingerprint density at radius 3 is 2.77 bits per heavy atom. The predicted octanol–water partition coefficient (Wildman–Crippen LogP) is 4.38. The van der Waals surface area contributed by atoms with Gasteiger partial charge in [0.25, 0.3) is 0 Å². The van der Waals surface area contributed by atoms with Gasteiger partial charge in [0.1, 0.15) is 12.4 Å². The van der Waals surface area contributed by atoms with E-state index in [0.717, 1.165) is 37.2 Å². The molecule has 136 valence electrons. The van der Waals surface area contributed by atoms with Crippen molar-refractivity contribution in [2.24, 2.45) is 5.92 Å². The first-order chi connectivity index (χ1) is 12.8. The Hall–Kier alpha value is -2.49. The number of ether oxygens (including phenoxy) is 2. The molecule has 1 heterocycles. The van der Waals surface area contributed by atoms with E-state index in [4.69, 9.17) is 9.47 Å². The van der Waals surface area contributed by atoms with Crippen molar-refractivity contribution < 1.29 is 14.3 Å². The van der Waals surface area contributed by atoms with Crippen molar-refractivity contribution in [1.82, 2.24) is 4.90 Å². The second-order valence-electron chi connectivity index (χ2n) is 7.11. The van der Waals surface area contributed by atoms with Gasteiger partial charge >= 0.3 is 6.09 Å². The topological polar surface area (TPSA) is 38.8 Å². The summed E-state index contributed by atoms with van der Waals surface area (Å²) in [6.07, 6.45) is 1.93. The molecule has 0 radical (unpaired) electrons. The lowest BCUT2D eigenvalue weighted by Crippen LogP contribution is -2.29. The molecule has 0 saturated carbocycles. The lowest BCUT2D eigenvalue weighted by molar-refractivity contribution is 0.103. The van der Waals surface area contributed by atoms with E-state index in [0.29, 0.717) is 25.0 Å². The smallest absolute Gasteiger partial charge is 0.410 e. The van der Waals surface area contributed by atoms with E-state index in [2.05, 4.69) is 18.2 Å². The Kier molecular flexibility index (Phi) is 4.83. The molecule has 2 aliphatic rings. The Balaban J connectivity index is 1.44. The van der Waals surface area contributed by atoms with E-state index in [1.165, 1.54) is 11.1 Å². The van der Waals surface area contributed by atoms with Gasteiger partial charge in [0.15, 0.2) is 0 Å². The standard InChI is InChI=1S/C22H25NO3/c1-2-25-21-10-6-9-18-19(21)12-11-17-13-23(14-20(17)18)22(24)26-15-16-7-4-3-5-8-16/h3-10,17,20H,2,11-15H2,1H3/t17-,20+/m0/s1. The zero-order valence-corrected chi connectivity index (χ0v) is 15.2. The van der Waals surface area contributed by atoms with Crippen molar-refractivity contribution in [3.63, 3.8) is 0 Å². The molecular formula is C22H25NO3. The summed E-state index contributed by atoms with van der Waals surface area (Å²) >= 11 is 0. The van der Waals surface area contributed by atoms with Crippen LogP contribution in [0.15, 0.2) is 48.5 Å². The average molecular weight is 351 g/mol. The molecule has 0 unspecified atom stereocenters. The number of nitrogens with zero attached hydrogens (tertiary/aromatic N) is 1. The summed E-state index contributed by atoms with van der Waals surface area (Å²) in [5.41, 5.74) is 3.70. The maximum absolute atomic E-state index is 12.5. The molecule has 26 heavy (non-hydrogen) atoms.